The topological polar surface area (TPSA) is 121 Å². The maximum atomic E-state index is 13.6. The third-order valence-electron chi connectivity index (χ3n) is 6.67. The van der Waals surface area contributed by atoms with Gasteiger partial charge in [-0.2, -0.15) is 4.31 Å². The third-order valence-corrected chi connectivity index (χ3v) is 8.95. The second kappa shape index (κ2) is 12.6. The molecule has 214 valence electrons. The number of nitrogens with two attached hydrogens (primary N) is 1. The summed E-state index contributed by atoms with van der Waals surface area (Å²) < 4.78 is 53.9. The molecule has 0 spiro atoms. The average Bonchev–Trinajstić information content (AvgIpc) is 3.15. The van der Waals surface area contributed by atoms with Crippen LogP contribution in [0.2, 0.25) is 0 Å². The summed E-state index contributed by atoms with van der Waals surface area (Å²) in [6, 6.07) is 12.7. The SMILES string of the molecule is CC(C)S(=O)(=O)N1CCCN(c2ccc(Nc3cc(NCc4cc(F)cc(F)c4)c(CC(N)=O)cn3)cc2)CC1. The number of aromatic nitrogens is 1. The number of carbonyl (C=O) groups excluding carboxylic acids is 1. The van der Waals surface area contributed by atoms with E-state index in [4.69, 9.17) is 5.73 Å². The lowest BCUT2D eigenvalue weighted by Crippen LogP contribution is -2.39. The van der Waals surface area contributed by atoms with Crippen LogP contribution >= 0.6 is 0 Å². The third kappa shape index (κ3) is 7.45. The quantitative estimate of drug-likeness (QED) is 0.336. The highest BCUT2D eigenvalue weighted by atomic mass is 32.2. The van der Waals surface area contributed by atoms with Gasteiger partial charge in [-0.3, -0.25) is 4.79 Å². The zero-order valence-corrected chi connectivity index (χ0v) is 23.3. The van der Waals surface area contributed by atoms with Crippen LogP contribution < -0.4 is 21.3 Å². The van der Waals surface area contributed by atoms with Crippen LogP contribution in [0.4, 0.5) is 31.7 Å². The maximum Gasteiger partial charge on any atom is 0.221 e. The number of sulfonamides is 1. The van der Waals surface area contributed by atoms with Crippen LogP contribution in [0, 0.1) is 11.6 Å². The number of anilines is 4. The second-order valence-corrected chi connectivity index (χ2v) is 12.5. The van der Waals surface area contributed by atoms with E-state index < -0.39 is 32.8 Å². The molecule has 0 saturated carbocycles. The summed E-state index contributed by atoms with van der Waals surface area (Å²) in [6.07, 6.45) is 2.23. The molecule has 12 heteroatoms. The number of primary amides is 1. The number of nitrogens with one attached hydrogen (secondary N) is 2. The molecule has 0 unspecified atom stereocenters. The molecular formula is C28H34F2N6O3S. The van der Waals surface area contributed by atoms with Crippen molar-refractivity contribution >= 4 is 38.8 Å². The Labute approximate surface area is 233 Å². The van der Waals surface area contributed by atoms with E-state index in [0.717, 1.165) is 30.4 Å². The Hall–Kier alpha value is -3.77. The predicted molar refractivity (Wildman–Crippen MR) is 153 cm³/mol. The lowest BCUT2D eigenvalue weighted by atomic mass is 10.1. The summed E-state index contributed by atoms with van der Waals surface area (Å²) in [7, 11) is -3.28. The lowest BCUT2D eigenvalue weighted by molar-refractivity contribution is -0.117. The minimum absolute atomic E-state index is 0.0481. The number of halogens is 2. The minimum atomic E-state index is -3.28. The van der Waals surface area contributed by atoms with Crippen molar-refractivity contribution < 1.29 is 22.0 Å². The summed E-state index contributed by atoms with van der Waals surface area (Å²) in [4.78, 5) is 18.1. The molecule has 4 N–H and O–H groups in total. The molecule has 0 atom stereocenters. The van der Waals surface area contributed by atoms with Crippen molar-refractivity contribution in [2.24, 2.45) is 5.73 Å². The standard InChI is InChI=1S/C28H34F2N6O3S/c1-19(2)40(38,39)36-9-3-8-35(10-11-36)25-6-4-24(5-7-25)34-28-16-26(21(18-33-28)14-27(31)37)32-17-20-12-22(29)15-23(30)13-20/h4-7,12-13,15-16,18-19H,3,8-11,14,17H2,1-2H3,(H2,31,37)(H2,32,33,34). The van der Waals surface area contributed by atoms with Crippen molar-refractivity contribution in [3.05, 3.63) is 77.5 Å². The molecule has 1 fully saturated rings. The first-order chi connectivity index (χ1) is 19.0. The maximum absolute atomic E-state index is 13.6. The highest BCUT2D eigenvalue weighted by Gasteiger charge is 2.27. The highest BCUT2D eigenvalue weighted by molar-refractivity contribution is 7.89. The van der Waals surface area contributed by atoms with Crippen LogP contribution in [-0.2, 0) is 27.8 Å². The number of hydrogen-bond donors (Lipinski definition) is 3. The van der Waals surface area contributed by atoms with E-state index in [1.165, 1.54) is 18.3 Å². The average molecular weight is 573 g/mol. The molecule has 1 aliphatic heterocycles. The molecular weight excluding hydrogens is 538 g/mol. The van der Waals surface area contributed by atoms with Gasteiger partial charge in [0.2, 0.25) is 15.9 Å². The summed E-state index contributed by atoms with van der Waals surface area (Å²) in [5, 5.41) is 5.91. The largest absolute Gasteiger partial charge is 0.381 e. The van der Waals surface area contributed by atoms with Crippen molar-refractivity contribution in [1.82, 2.24) is 9.29 Å². The molecule has 0 aliphatic carbocycles. The number of hydrogen-bond acceptors (Lipinski definition) is 7. The fourth-order valence-corrected chi connectivity index (χ4v) is 5.88. The molecule has 40 heavy (non-hydrogen) atoms. The minimum Gasteiger partial charge on any atom is -0.381 e. The molecule has 1 amide bonds. The van der Waals surface area contributed by atoms with Crippen LogP contribution in [-0.4, -0.2) is 55.0 Å². The molecule has 3 aromatic rings. The first kappa shape index (κ1) is 29.2. The zero-order valence-electron chi connectivity index (χ0n) is 22.5. The van der Waals surface area contributed by atoms with E-state index in [0.29, 0.717) is 42.3 Å². The van der Waals surface area contributed by atoms with Gasteiger partial charge in [0.25, 0.3) is 0 Å². The van der Waals surface area contributed by atoms with Crippen molar-refractivity contribution in [1.29, 1.82) is 0 Å². The fraction of sp³-hybridized carbons (Fsp3) is 0.357. The second-order valence-electron chi connectivity index (χ2n) is 10.0. The van der Waals surface area contributed by atoms with E-state index in [1.807, 2.05) is 24.3 Å². The van der Waals surface area contributed by atoms with Gasteiger partial charge in [-0.15, -0.1) is 0 Å². The Balaban J connectivity index is 1.44. The van der Waals surface area contributed by atoms with Gasteiger partial charge < -0.3 is 21.3 Å². The van der Waals surface area contributed by atoms with Gasteiger partial charge in [0.05, 0.1) is 11.7 Å². The molecule has 1 aromatic heterocycles. The number of carbonyl (C=O) groups is 1. The molecule has 4 rings (SSSR count). The fourth-order valence-electron chi connectivity index (χ4n) is 4.56. The molecule has 0 bridgehead atoms. The lowest BCUT2D eigenvalue weighted by Gasteiger charge is -2.24. The van der Waals surface area contributed by atoms with Gasteiger partial charge in [0.1, 0.15) is 17.5 Å². The van der Waals surface area contributed by atoms with E-state index in [1.54, 1.807) is 24.2 Å². The van der Waals surface area contributed by atoms with Crippen molar-refractivity contribution in [3.63, 3.8) is 0 Å². The van der Waals surface area contributed by atoms with Crippen LogP contribution in [0.5, 0.6) is 0 Å². The Morgan fingerprint density at radius 2 is 1.73 bits per heavy atom. The zero-order chi connectivity index (χ0) is 28.9. The molecule has 0 radical (unpaired) electrons. The van der Waals surface area contributed by atoms with Crippen LogP contribution in [0.3, 0.4) is 0 Å². The van der Waals surface area contributed by atoms with E-state index in [2.05, 4.69) is 20.5 Å². The molecule has 2 heterocycles. The first-order valence-electron chi connectivity index (χ1n) is 13.1. The number of pyridine rings is 1. The smallest absolute Gasteiger partial charge is 0.221 e. The van der Waals surface area contributed by atoms with Crippen LogP contribution in [0.15, 0.2) is 54.7 Å². The normalized spacial score (nSPS) is 14.7. The van der Waals surface area contributed by atoms with Crippen LogP contribution in [0.1, 0.15) is 31.4 Å². The number of benzene rings is 2. The summed E-state index contributed by atoms with van der Waals surface area (Å²) >= 11 is 0. The van der Waals surface area contributed by atoms with Gasteiger partial charge in [-0.25, -0.2) is 22.2 Å². The molecule has 1 aliphatic rings. The Kier molecular flexibility index (Phi) is 9.21. The number of nitrogens with zero attached hydrogens (tertiary/aromatic N) is 3. The van der Waals surface area contributed by atoms with Gasteiger partial charge in [0.15, 0.2) is 0 Å². The predicted octanol–water partition coefficient (Wildman–Crippen LogP) is 3.99. The molecule has 1 saturated heterocycles. The van der Waals surface area contributed by atoms with E-state index in [-0.39, 0.29) is 13.0 Å². The van der Waals surface area contributed by atoms with Crippen LogP contribution in [0.25, 0.3) is 0 Å². The highest BCUT2D eigenvalue weighted by Crippen LogP contribution is 2.26. The first-order valence-corrected chi connectivity index (χ1v) is 14.6. The van der Waals surface area contributed by atoms with Crippen molar-refractivity contribution in [2.45, 2.75) is 38.5 Å². The Morgan fingerprint density at radius 3 is 2.38 bits per heavy atom. The number of rotatable bonds is 10. The van der Waals surface area contributed by atoms with Gasteiger partial charge in [-0.05, 0) is 62.2 Å². The Morgan fingerprint density at radius 1 is 1.02 bits per heavy atom. The van der Waals surface area contributed by atoms with Gasteiger partial charge in [0, 0.05) is 73.7 Å². The summed E-state index contributed by atoms with van der Waals surface area (Å²) in [5.41, 5.74) is 8.67. The van der Waals surface area contributed by atoms with Crippen molar-refractivity contribution in [3.8, 4) is 0 Å². The van der Waals surface area contributed by atoms with Gasteiger partial charge >= 0.3 is 0 Å². The van der Waals surface area contributed by atoms with Crippen molar-refractivity contribution in [2.75, 3.05) is 41.7 Å². The molecule has 2 aromatic carbocycles. The molecule has 9 nitrogen and oxygen atoms in total. The Bertz CT molecular complexity index is 1430. The monoisotopic (exact) mass is 572 g/mol. The van der Waals surface area contributed by atoms with Gasteiger partial charge in [-0.1, -0.05) is 0 Å². The number of amides is 1. The van der Waals surface area contributed by atoms with E-state index in [9.17, 15) is 22.0 Å². The summed E-state index contributed by atoms with van der Waals surface area (Å²) in [5.74, 6) is -1.38. The van der Waals surface area contributed by atoms with E-state index >= 15 is 0 Å². The summed E-state index contributed by atoms with van der Waals surface area (Å²) in [6.45, 7) is 5.85.